The van der Waals surface area contributed by atoms with Crippen molar-refractivity contribution in [2.75, 3.05) is 23.4 Å². The van der Waals surface area contributed by atoms with Crippen LogP contribution in [0.15, 0.2) is 82.4 Å². The molecule has 4 aromatic rings. The second-order valence-corrected chi connectivity index (χ2v) is 7.41. The minimum Gasteiger partial charge on any atom is -0.501 e. The monoisotopic (exact) mass is 461 g/mol. The van der Waals surface area contributed by atoms with E-state index in [1.807, 2.05) is 65.6 Å². The fraction of sp³-hybridized carbons (Fsp3) is 0.167. The summed E-state index contributed by atoms with van der Waals surface area (Å²) in [5, 5.41) is 16.4. The topological polar surface area (TPSA) is 123 Å². The van der Waals surface area contributed by atoms with Gasteiger partial charge in [-0.25, -0.2) is 4.98 Å². The number of nitrogens with zero attached hydrogens (tertiary/aromatic N) is 4. The first-order valence-corrected chi connectivity index (χ1v) is 10.5. The molecule has 0 saturated carbocycles. The number of aromatic nitrogens is 3. The average molecular weight is 461 g/mol. The summed E-state index contributed by atoms with van der Waals surface area (Å²) >= 11 is 0. The second-order valence-electron chi connectivity index (χ2n) is 7.41. The highest BCUT2D eigenvalue weighted by Crippen LogP contribution is 2.19. The predicted octanol–water partition coefficient (Wildman–Crippen LogP) is 2.81. The Kier molecular flexibility index (Phi) is 6.87. The van der Waals surface area contributed by atoms with E-state index < -0.39 is 22.9 Å². The summed E-state index contributed by atoms with van der Waals surface area (Å²) in [6.07, 6.45) is 2.51. The van der Waals surface area contributed by atoms with Crippen LogP contribution in [0.25, 0.3) is 0 Å². The zero-order valence-corrected chi connectivity index (χ0v) is 18.4. The van der Waals surface area contributed by atoms with Gasteiger partial charge < -0.3 is 24.6 Å². The average Bonchev–Trinajstić information content (AvgIpc) is 3.36. The third-order valence-electron chi connectivity index (χ3n) is 5.02. The largest absolute Gasteiger partial charge is 0.501 e. The van der Waals surface area contributed by atoms with Crippen molar-refractivity contribution in [1.29, 1.82) is 0 Å². The van der Waals surface area contributed by atoms with E-state index in [4.69, 9.17) is 9.26 Å². The van der Waals surface area contributed by atoms with Gasteiger partial charge in [0.1, 0.15) is 24.3 Å². The molecule has 0 bridgehead atoms. The van der Waals surface area contributed by atoms with Crippen molar-refractivity contribution in [2.45, 2.75) is 6.54 Å². The van der Waals surface area contributed by atoms with Gasteiger partial charge >= 0.3 is 0 Å². The quantitative estimate of drug-likeness (QED) is 0.390. The second kappa shape index (κ2) is 10.3. The Labute approximate surface area is 195 Å². The van der Waals surface area contributed by atoms with E-state index in [9.17, 15) is 14.7 Å². The number of carbonyl (C=O) groups excluding carboxylic acids is 1. The maximum Gasteiger partial charge on any atom is 0.297 e. The zero-order chi connectivity index (χ0) is 23.9. The first kappa shape index (κ1) is 22.6. The van der Waals surface area contributed by atoms with Crippen molar-refractivity contribution in [3.05, 3.63) is 94.7 Å². The van der Waals surface area contributed by atoms with Crippen LogP contribution in [0.1, 0.15) is 16.1 Å². The summed E-state index contributed by atoms with van der Waals surface area (Å²) in [5.41, 5.74) is 0.0923. The molecule has 0 aliphatic heterocycles. The molecule has 0 unspecified atom stereocenters. The Bertz CT molecular complexity index is 1290. The number of hydrogen-bond donors (Lipinski definition) is 2. The number of carbonyl (C=O) groups is 1. The number of rotatable bonds is 9. The molecule has 2 aromatic carbocycles. The molecule has 2 aromatic heterocycles. The van der Waals surface area contributed by atoms with E-state index in [2.05, 4.69) is 15.5 Å². The van der Waals surface area contributed by atoms with Gasteiger partial charge in [-0.1, -0.05) is 53.7 Å². The molecule has 4 rings (SSSR count). The minimum absolute atomic E-state index is 0.207. The molecular formula is C24H23N5O5. The molecule has 2 N–H and O–H groups in total. The number of ether oxygens (including phenoxy) is 1. The summed E-state index contributed by atoms with van der Waals surface area (Å²) in [5.74, 6) is -0.595. The van der Waals surface area contributed by atoms with Crippen LogP contribution in [-0.4, -0.2) is 38.9 Å². The summed E-state index contributed by atoms with van der Waals surface area (Å²) in [6, 6.07) is 19.0. The normalized spacial score (nSPS) is 10.6. The third-order valence-corrected chi connectivity index (χ3v) is 5.02. The minimum atomic E-state index is -0.764. The zero-order valence-electron chi connectivity index (χ0n) is 18.4. The number of aromatic hydroxyl groups is 1. The smallest absolute Gasteiger partial charge is 0.297 e. The van der Waals surface area contributed by atoms with Crippen molar-refractivity contribution in [2.24, 2.45) is 7.05 Å². The molecule has 0 fully saturated rings. The summed E-state index contributed by atoms with van der Waals surface area (Å²) in [4.78, 5) is 31.7. The summed E-state index contributed by atoms with van der Waals surface area (Å²) in [6.45, 7) is 1.06. The van der Waals surface area contributed by atoms with Crippen LogP contribution in [-0.2, 0) is 13.6 Å². The van der Waals surface area contributed by atoms with Crippen molar-refractivity contribution in [3.63, 3.8) is 0 Å². The van der Waals surface area contributed by atoms with Gasteiger partial charge in [-0.15, -0.1) is 0 Å². The van der Waals surface area contributed by atoms with E-state index in [1.165, 1.54) is 24.1 Å². The molecule has 34 heavy (non-hydrogen) atoms. The van der Waals surface area contributed by atoms with Crippen LogP contribution in [0.4, 0.5) is 11.6 Å². The summed E-state index contributed by atoms with van der Waals surface area (Å²) < 4.78 is 11.7. The first-order valence-electron chi connectivity index (χ1n) is 10.5. The fourth-order valence-electron chi connectivity index (χ4n) is 3.32. The Morgan fingerprint density at radius 3 is 2.53 bits per heavy atom. The molecule has 0 aliphatic rings. The lowest BCUT2D eigenvalue weighted by atomic mass is 10.2. The first-order chi connectivity index (χ1) is 16.5. The Morgan fingerprint density at radius 2 is 1.85 bits per heavy atom. The lowest BCUT2D eigenvalue weighted by Gasteiger charge is -2.26. The fourth-order valence-corrected chi connectivity index (χ4v) is 3.32. The van der Waals surface area contributed by atoms with Crippen LogP contribution in [0.2, 0.25) is 0 Å². The standard InChI is InChI=1S/C24H23N5O5/c1-28-23(32)21(30)20(22(31)26-18-14-25-34-16-18)27-24(28)29(15-17-8-4-2-5-9-17)12-13-33-19-10-6-3-7-11-19/h2-11,14,16,30H,12-13,15H2,1H3,(H,26,31). The number of hydrogen-bond acceptors (Lipinski definition) is 8. The number of para-hydroxylation sites is 1. The highest BCUT2D eigenvalue weighted by molar-refractivity contribution is 6.04. The molecule has 10 heteroatoms. The van der Waals surface area contributed by atoms with E-state index in [0.717, 1.165) is 5.56 Å². The number of amides is 1. The van der Waals surface area contributed by atoms with Crippen LogP contribution >= 0.6 is 0 Å². The molecule has 0 atom stereocenters. The molecular weight excluding hydrogens is 438 g/mol. The highest BCUT2D eigenvalue weighted by Gasteiger charge is 2.23. The van der Waals surface area contributed by atoms with Crippen molar-refractivity contribution in [3.8, 4) is 11.5 Å². The molecule has 0 spiro atoms. The van der Waals surface area contributed by atoms with Gasteiger partial charge in [0.25, 0.3) is 11.5 Å². The molecule has 2 heterocycles. The van der Waals surface area contributed by atoms with Crippen LogP contribution in [0.5, 0.6) is 11.5 Å². The Balaban J connectivity index is 1.65. The molecule has 0 saturated heterocycles. The number of nitrogens with one attached hydrogen (secondary N) is 1. The van der Waals surface area contributed by atoms with Crippen molar-refractivity contribution < 1.29 is 19.2 Å². The summed E-state index contributed by atoms with van der Waals surface area (Å²) in [7, 11) is 1.49. The molecule has 10 nitrogen and oxygen atoms in total. The van der Waals surface area contributed by atoms with Crippen LogP contribution in [0.3, 0.4) is 0 Å². The lowest BCUT2D eigenvalue weighted by Crippen LogP contribution is -2.35. The van der Waals surface area contributed by atoms with Gasteiger partial charge in [0, 0.05) is 13.6 Å². The van der Waals surface area contributed by atoms with Gasteiger partial charge in [-0.3, -0.25) is 14.2 Å². The van der Waals surface area contributed by atoms with E-state index in [0.29, 0.717) is 25.4 Å². The lowest BCUT2D eigenvalue weighted by molar-refractivity contribution is 0.101. The van der Waals surface area contributed by atoms with Gasteiger partial charge in [-0.05, 0) is 17.7 Å². The molecule has 174 valence electrons. The Morgan fingerprint density at radius 1 is 1.15 bits per heavy atom. The van der Waals surface area contributed by atoms with Crippen LogP contribution < -0.4 is 20.5 Å². The molecule has 0 radical (unpaired) electrons. The van der Waals surface area contributed by atoms with E-state index >= 15 is 0 Å². The van der Waals surface area contributed by atoms with Crippen molar-refractivity contribution in [1.82, 2.24) is 14.7 Å². The van der Waals surface area contributed by atoms with Gasteiger partial charge in [0.05, 0.1) is 12.7 Å². The predicted molar refractivity (Wildman–Crippen MR) is 125 cm³/mol. The van der Waals surface area contributed by atoms with Crippen LogP contribution in [0, 0.1) is 0 Å². The van der Waals surface area contributed by atoms with Crippen molar-refractivity contribution >= 4 is 17.5 Å². The number of anilines is 2. The maximum absolute atomic E-state index is 12.8. The molecule has 0 aliphatic carbocycles. The maximum atomic E-state index is 12.8. The van der Waals surface area contributed by atoms with Gasteiger partial charge in [-0.2, -0.15) is 0 Å². The van der Waals surface area contributed by atoms with E-state index in [1.54, 1.807) is 0 Å². The Hall–Kier alpha value is -4.60. The highest BCUT2D eigenvalue weighted by atomic mass is 16.5. The molecule has 1 amide bonds. The third kappa shape index (κ3) is 5.23. The van der Waals surface area contributed by atoms with Gasteiger partial charge in [0.2, 0.25) is 11.7 Å². The number of benzene rings is 2. The van der Waals surface area contributed by atoms with E-state index in [-0.39, 0.29) is 11.6 Å². The SMILES string of the molecule is Cn1c(N(CCOc2ccccc2)Cc2ccccc2)nc(C(=O)Nc2cnoc2)c(O)c1=O. The van der Waals surface area contributed by atoms with Gasteiger partial charge in [0.15, 0.2) is 5.69 Å².